The predicted octanol–water partition coefficient (Wildman–Crippen LogP) is 3.46. The van der Waals surface area contributed by atoms with Crippen LogP contribution >= 0.6 is 12.4 Å². The third-order valence-electron chi connectivity index (χ3n) is 1.54. The molecule has 60 valence electrons. The van der Waals surface area contributed by atoms with E-state index in [9.17, 15) is 0 Å². The second-order valence-electron chi connectivity index (χ2n) is 2.42. The molecular formula is C8H18ClZn-. The Morgan fingerprint density at radius 1 is 1.30 bits per heavy atom. The molecular weight excluding hydrogens is 197 g/mol. The summed E-state index contributed by atoms with van der Waals surface area (Å²) in [5, 5.41) is 0. The van der Waals surface area contributed by atoms with Crippen LogP contribution in [0.5, 0.6) is 0 Å². The van der Waals surface area contributed by atoms with Gasteiger partial charge in [0, 0.05) is 19.5 Å². The Labute approximate surface area is 84.3 Å². The summed E-state index contributed by atoms with van der Waals surface area (Å²) in [5.74, 6) is 0.704. The van der Waals surface area contributed by atoms with Crippen LogP contribution in [-0.4, -0.2) is 0 Å². The summed E-state index contributed by atoms with van der Waals surface area (Å²) in [4.78, 5) is 0. The molecule has 1 unspecified atom stereocenters. The van der Waals surface area contributed by atoms with E-state index in [1.165, 1.54) is 25.7 Å². The van der Waals surface area contributed by atoms with Crippen molar-refractivity contribution in [2.45, 2.75) is 39.5 Å². The van der Waals surface area contributed by atoms with E-state index in [-0.39, 0.29) is 31.9 Å². The number of rotatable bonds is 4. The standard InChI is InChI=1S/C8H17.ClH.Zn/c1-4-6-7-8(3)5-2;;/h8H,3-7H2,1-2H3;1H;/q-1;;. The van der Waals surface area contributed by atoms with Crippen LogP contribution in [0, 0.1) is 12.8 Å². The molecule has 0 saturated heterocycles. The van der Waals surface area contributed by atoms with E-state index >= 15 is 0 Å². The first-order valence-electron chi connectivity index (χ1n) is 3.64. The average Bonchev–Trinajstić information content (AvgIpc) is 1.83. The van der Waals surface area contributed by atoms with Gasteiger partial charge in [0.05, 0.1) is 0 Å². The summed E-state index contributed by atoms with van der Waals surface area (Å²) in [6.45, 7) is 8.42. The van der Waals surface area contributed by atoms with Gasteiger partial charge in [0.1, 0.15) is 0 Å². The molecule has 0 radical (unpaired) electrons. The summed E-state index contributed by atoms with van der Waals surface area (Å²) in [5.41, 5.74) is 0. The zero-order chi connectivity index (χ0) is 6.41. The van der Waals surface area contributed by atoms with Crippen LogP contribution in [0.15, 0.2) is 0 Å². The molecule has 1 atom stereocenters. The van der Waals surface area contributed by atoms with Gasteiger partial charge in [0.2, 0.25) is 0 Å². The van der Waals surface area contributed by atoms with Crippen molar-refractivity contribution in [3.63, 3.8) is 0 Å². The SMILES string of the molecule is Cl.[CH2-]C(CC)CCCC.[Zn]. The molecule has 2 heteroatoms. The molecule has 0 aromatic carbocycles. The third-order valence-corrected chi connectivity index (χ3v) is 1.54. The van der Waals surface area contributed by atoms with Crippen molar-refractivity contribution in [2.24, 2.45) is 5.92 Å². The first kappa shape index (κ1) is 17.1. The molecule has 0 saturated carbocycles. The Hall–Kier alpha value is 0.913. The maximum atomic E-state index is 3.99. The normalized spacial score (nSPS) is 11.1. The molecule has 0 N–H and O–H groups in total. The average molecular weight is 215 g/mol. The van der Waals surface area contributed by atoms with E-state index in [0.717, 1.165) is 0 Å². The number of hydrogen-bond acceptors (Lipinski definition) is 0. The minimum atomic E-state index is 0. The fourth-order valence-electron chi connectivity index (χ4n) is 0.697. The predicted molar refractivity (Wildman–Crippen MR) is 45.9 cm³/mol. The molecule has 0 bridgehead atoms. The van der Waals surface area contributed by atoms with Crippen molar-refractivity contribution in [1.29, 1.82) is 0 Å². The van der Waals surface area contributed by atoms with Gasteiger partial charge in [0.25, 0.3) is 0 Å². The molecule has 0 aliphatic heterocycles. The monoisotopic (exact) mass is 213 g/mol. The van der Waals surface area contributed by atoms with Gasteiger partial charge in [-0.1, -0.05) is 39.5 Å². The molecule has 0 aliphatic rings. The number of halogens is 1. The van der Waals surface area contributed by atoms with E-state index in [0.29, 0.717) is 5.92 Å². The Kier molecular flexibility index (Phi) is 21.5. The molecule has 0 heterocycles. The van der Waals surface area contributed by atoms with Crippen molar-refractivity contribution in [3.05, 3.63) is 6.92 Å². The molecule has 0 fully saturated rings. The van der Waals surface area contributed by atoms with E-state index in [4.69, 9.17) is 0 Å². The van der Waals surface area contributed by atoms with Crippen molar-refractivity contribution in [2.75, 3.05) is 0 Å². The smallest absolute Gasteiger partial charge is 0 e. The fourth-order valence-corrected chi connectivity index (χ4v) is 0.697. The van der Waals surface area contributed by atoms with Gasteiger partial charge in [-0.2, -0.15) is 5.92 Å². The summed E-state index contributed by atoms with van der Waals surface area (Å²) in [7, 11) is 0. The van der Waals surface area contributed by atoms with Crippen LogP contribution < -0.4 is 0 Å². The van der Waals surface area contributed by atoms with Gasteiger partial charge in [0.15, 0.2) is 0 Å². The van der Waals surface area contributed by atoms with Gasteiger partial charge in [-0.05, 0) is 0 Å². The first-order chi connectivity index (χ1) is 3.81. The zero-order valence-corrected chi connectivity index (χ0v) is 11.0. The molecule has 0 aliphatic carbocycles. The number of hydrogen-bond donors (Lipinski definition) is 0. The van der Waals surface area contributed by atoms with Crippen LogP contribution in [0.3, 0.4) is 0 Å². The quantitative estimate of drug-likeness (QED) is 0.497. The maximum absolute atomic E-state index is 3.99. The van der Waals surface area contributed by atoms with Gasteiger partial charge in [-0.25, -0.2) is 0 Å². The van der Waals surface area contributed by atoms with Crippen molar-refractivity contribution in [1.82, 2.24) is 0 Å². The molecule has 0 aromatic heterocycles. The van der Waals surface area contributed by atoms with Gasteiger partial charge >= 0.3 is 0 Å². The van der Waals surface area contributed by atoms with Gasteiger partial charge in [-0.3, -0.25) is 0 Å². The molecule has 10 heavy (non-hydrogen) atoms. The van der Waals surface area contributed by atoms with Crippen molar-refractivity contribution >= 4 is 12.4 Å². The molecule has 0 nitrogen and oxygen atoms in total. The Morgan fingerprint density at radius 3 is 2.10 bits per heavy atom. The van der Waals surface area contributed by atoms with Crippen LogP contribution in [-0.2, 0) is 19.5 Å². The minimum Gasteiger partial charge on any atom is -0.340 e. The third kappa shape index (κ3) is 11.7. The number of unbranched alkanes of at least 4 members (excludes halogenated alkanes) is 1. The maximum Gasteiger partial charge on any atom is 0 e. The molecule has 0 aromatic rings. The van der Waals surface area contributed by atoms with Crippen LogP contribution in [0.1, 0.15) is 39.5 Å². The molecule has 0 rings (SSSR count). The summed E-state index contributed by atoms with van der Waals surface area (Å²) < 4.78 is 0. The largest absolute Gasteiger partial charge is 0.340 e. The first-order valence-corrected chi connectivity index (χ1v) is 3.64. The van der Waals surface area contributed by atoms with E-state index in [1.807, 2.05) is 0 Å². The van der Waals surface area contributed by atoms with Crippen molar-refractivity contribution in [3.8, 4) is 0 Å². The Balaban J connectivity index is -0.000000245. The Bertz CT molecular complexity index is 48.5. The van der Waals surface area contributed by atoms with Crippen molar-refractivity contribution < 1.29 is 19.5 Å². The Morgan fingerprint density at radius 2 is 1.80 bits per heavy atom. The van der Waals surface area contributed by atoms with Gasteiger partial charge in [-0.15, -0.1) is 12.4 Å². The second kappa shape index (κ2) is 12.6. The van der Waals surface area contributed by atoms with Crippen LogP contribution in [0.25, 0.3) is 0 Å². The molecule has 0 amide bonds. The van der Waals surface area contributed by atoms with Crippen LogP contribution in [0.2, 0.25) is 0 Å². The topological polar surface area (TPSA) is 0 Å². The zero-order valence-electron chi connectivity index (χ0n) is 7.23. The second-order valence-corrected chi connectivity index (χ2v) is 2.42. The van der Waals surface area contributed by atoms with Crippen LogP contribution in [0.4, 0.5) is 0 Å². The fraction of sp³-hybridized carbons (Fsp3) is 0.875. The van der Waals surface area contributed by atoms with E-state index in [2.05, 4.69) is 20.8 Å². The van der Waals surface area contributed by atoms with E-state index < -0.39 is 0 Å². The van der Waals surface area contributed by atoms with E-state index in [1.54, 1.807) is 0 Å². The summed E-state index contributed by atoms with van der Waals surface area (Å²) >= 11 is 0. The van der Waals surface area contributed by atoms with Gasteiger partial charge < -0.3 is 6.92 Å². The summed E-state index contributed by atoms with van der Waals surface area (Å²) in [6, 6.07) is 0. The molecule has 0 spiro atoms. The minimum absolute atomic E-state index is 0. The summed E-state index contributed by atoms with van der Waals surface area (Å²) in [6.07, 6.45) is 5.21.